The lowest BCUT2D eigenvalue weighted by atomic mass is 10.2. The summed E-state index contributed by atoms with van der Waals surface area (Å²) < 4.78 is 5.55. The van der Waals surface area contributed by atoms with Crippen LogP contribution in [0.3, 0.4) is 0 Å². The lowest BCUT2D eigenvalue weighted by Crippen LogP contribution is -2.43. The number of hydrogen-bond donors (Lipinski definition) is 1. The molecule has 0 aromatic heterocycles. The van der Waals surface area contributed by atoms with Gasteiger partial charge in [-0.1, -0.05) is 36.9 Å². The molecular formula is C21H23N3O3S. The maximum absolute atomic E-state index is 12.7. The van der Waals surface area contributed by atoms with Gasteiger partial charge in [-0.25, -0.2) is 4.99 Å². The van der Waals surface area contributed by atoms with Crippen molar-refractivity contribution >= 4 is 40.1 Å². The molecule has 0 aliphatic carbocycles. The number of ether oxygens (including phenoxy) is 1. The van der Waals surface area contributed by atoms with Crippen LogP contribution in [0, 0.1) is 0 Å². The lowest BCUT2D eigenvalue weighted by molar-refractivity contribution is -0.128. The van der Waals surface area contributed by atoms with E-state index >= 15 is 0 Å². The average Bonchev–Trinajstić information content (AvgIpc) is 2.71. The number of benzene rings is 2. The number of nitrogens with zero attached hydrogens (tertiary/aromatic N) is 2. The number of carbonyl (C=O) groups excluding carboxylic acids is 2. The number of carbonyl (C=O) groups is 2. The highest BCUT2D eigenvalue weighted by Gasteiger charge is 2.34. The van der Waals surface area contributed by atoms with Gasteiger partial charge in [0.15, 0.2) is 5.17 Å². The van der Waals surface area contributed by atoms with Gasteiger partial charge in [-0.05, 0) is 42.8 Å². The van der Waals surface area contributed by atoms with Crippen LogP contribution in [0.5, 0.6) is 5.75 Å². The highest BCUT2D eigenvalue weighted by molar-refractivity contribution is 8.15. The first kappa shape index (κ1) is 19.9. The molecular weight excluding hydrogens is 374 g/mol. The van der Waals surface area contributed by atoms with Gasteiger partial charge in [0.1, 0.15) is 11.0 Å². The van der Waals surface area contributed by atoms with Crippen molar-refractivity contribution in [2.75, 3.05) is 19.0 Å². The van der Waals surface area contributed by atoms with E-state index in [2.05, 4.69) is 10.3 Å². The molecule has 0 spiro atoms. The Morgan fingerprint density at radius 2 is 1.93 bits per heavy atom. The van der Waals surface area contributed by atoms with Crippen LogP contribution in [-0.2, 0) is 9.59 Å². The smallest absolute Gasteiger partial charge is 0.238 e. The SMILES string of the molecule is CCCOc1ccc(NC(=O)[C@@H]2CC(=O)N(C)C(=Nc3ccccc3)S2)cc1. The zero-order valence-electron chi connectivity index (χ0n) is 15.9. The second-order valence-electron chi connectivity index (χ2n) is 6.36. The Bertz CT molecular complexity index is 853. The standard InChI is InChI=1S/C21H23N3O3S/c1-3-13-27-17-11-9-16(10-12-17)22-20(26)18-14-19(25)24(2)21(28-18)23-15-7-5-4-6-8-15/h4-12,18H,3,13-14H2,1-2H3,(H,22,26)/t18-/m0/s1. The van der Waals surface area contributed by atoms with Crippen molar-refractivity contribution in [3.8, 4) is 5.75 Å². The van der Waals surface area contributed by atoms with Gasteiger partial charge in [0.25, 0.3) is 0 Å². The highest BCUT2D eigenvalue weighted by atomic mass is 32.2. The molecule has 0 saturated carbocycles. The number of hydrogen-bond acceptors (Lipinski definition) is 5. The normalized spacial score (nSPS) is 18.2. The largest absolute Gasteiger partial charge is 0.494 e. The summed E-state index contributed by atoms with van der Waals surface area (Å²) >= 11 is 1.30. The molecule has 7 heteroatoms. The molecule has 28 heavy (non-hydrogen) atoms. The summed E-state index contributed by atoms with van der Waals surface area (Å²) in [5.41, 5.74) is 1.41. The van der Waals surface area contributed by atoms with Crippen molar-refractivity contribution in [3.63, 3.8) is 0 Å². The molecule has 0 radical (unpaired) electrons. The number of aliphatic imine (C=N–C) groups is 1. The maximum Gasteiger partial charge on any atom is 0.238 e. The lowest BCUT2D eigenvalue weighted by Gasteiger charge is -2.28. The van der Waals surface area contributed by atoms with Gasteiger partial charge in [-0.3, -0.25) is 14.5 Å². The molecule has 1 aliphatic heterocycles. The van der Waals surface area contributed by atoms with Crippen molar-refractivity contribution in [2.24, 2.45) is 4.99 Å². The van der Waals surface area contributed by atoms with Gasteiger partial charge >= 0.3 is 0 Å². The summed E-state index contributed by atoms with van der Waals surface area (Å²) in [4.78, 5) is 31.0. The monoisotopic (exact) mass is 397 g/mol. The highest BCUT2D eigenvalue weighted by Crippen LogP contribution is 2.29. The molecule has 1 saturated heterocycles. The van der Waals surface area contributed by atoms with E-state index in [1.165, 1.54) is 16.7 Å². The van der Waals surface area contributed by atoms with E-state index in [0.717, 1.165) is 17.9 Å². The van der Waals surface area contributed by atoms with E-state index < -0.39 is 5.25 Å². The Balaban J connectivity index is 1.67. The van der Waals surface area contributed by atoms with E-state index in [-0.39, 0.29) is 18.2 Å². The van der Waals surface area contributed by atoms with E-state index in [4.69, 9.17) is 4.74 Å². The van der Waals surface area contributed by atoms with Gasteiger partial charge in [0.2, 0.25) is 11.8 Å². The molecule has 6 nitrogen and oxygen atoms in total. The Hall–Kier alpha value is -2.80. The Morgan fingerprint density at radius 3 is 2.61 bits per heavy atom. The van der Waals surface area contributed by atoms with E-state index in [1.54, 1.807) is 19.2 Å². The molecule has 0 bridgehead atoms. The second kappa shape index (κ2) is 9.41. The third-order valence-corrected chi connectivity index (χ3v) is 5.38. The first-order chi connectivity index (χ1) is 13.6. The number of para-hydroxylation sites is 1. The summed E-state index contributed by atoms with van der Waals surface area (Å²) in [5.74, 6) is 0.423. The molecule has 2 aromatic carbocycles. The van der Waals surface area contributed by atoms with Crippen LogP contribution in [0.25, 0.3) is 0 Å². The minimum absolute atomic E-state index is 0.128. The molecule has 1 heterocycles. The van der Waals surface area contributed by atoms with Crippen molar-refractivity contribution in [1.29, 1.82) is 0 Å². The van der Waals surface area contributed by atoms with Crippen molar-refractivity contribution < 1.29 is 14.3 Å². The fraction of sp³-hybridized carbons (Fsp3) is 0.286. The van der Waals surface area contributed by atoms with Crippen LogP contribution in [-0.4, -0.2) is 40.8 Å². The summed E-state index contributed by atoms with van der Waals surface area (Å²) in [5, 5.41) is 2.87. The number of rotatable bonds is 6. The summed E-state index contributed by atoms with van der Waals surface area (Å²) in [6.45, 7) is 2.70. The number of amidine groups is 1. The van der Waals surface area contributed by atoms with Gasteiger partial charge in [0, 0.05) is 19.2 Å². The summed E-state index contributed by atoms with van der Waals surface area (Å²) in [7, 11) is 1.68. The zero-order valence-corrected chi connectivity index (χ0v) is 16.7. The molecule has 1 fully saturated rings. The Kier molecular flexibility index (Phi) is 6.71. The summed E-state index contributed by atoms with van der Waals surface area (Å²) in [6, 6.07) is 16.6. The number of nitrogens with one attached hydrogen (secondary N) is 1. The fourth-order valence-corrected chi connectivity index (χ4v) is 3.65. The van der Waals surface area contributed by atoms with Gasteiger partial charge in [-0.2, -0.15) is 0 Å². The topological polar surface area (TPSA) is 71.0 Å². The minimum atomic E-state index is -0.526. The summed E-state index contributed by atoms with van der Waals surface area (Å²) in [6.07, 6.45) is 1.07. The van der Waals surface area contributed by atoms with E-state index in [9.17, 15) is 9.59 Å². The Morgan fingerprint density at radius 1 is 1.21 bits per heavy atom. The van der Waals surface area contributed by atoms with Gasteiger partial charge in [-0.15, -0.1) is 0 Å². The van der Waals surface area contributed by atoms with Crippen LogP contribution >= 0.6 is 11.8 Å². The van der Waals surface area contributed by atoms with Crippen LogP contribution < -0.4 is 10.1 Å². The molecule has 3 rings (SSSR count). The first-order valence-electron chi connectivity index (χ1n) is 9.17. The predicted molar refractivity (Wildman–Crippen MR) is 113 cm³/mol. The third kappa shape index (κ3) is 5.13. The molecule has 1 N–H and O–H groups in total. The molecule has 0 unspecified atom stereocenters. The minimum Gasteiger partial charge on any atom is -0.494 e. The molecule has 1 aliphatic rings. The molecule has 2 aromatic rings. The van der Waals surface area contributed by atoms with Crippen LogP contribution in [0.2, 0.25) is 0 Å². The van der Waals surface area contributed by atoms with Crippen molar-refractivity contribution in [3.05, 3.63) is 54.6 Å². The first-order valence-corrected chi connectivity index (χ1v) is 10.1. The predicted octanol–water partition coefficient (Wildman–Crippen LogP) is 4.07. The van der Waals surface area contributed by atoms with Crippen molar-refractivity contribution in [2.45, 2.75) is 25.0 Å². The third-order valence-electron chi connectivity index (χ3n) is 4.14. The molecule has 146 valence electrons. The second-order valence-corrected chi connectivity index (χ2v) is 7.53. The van der Waals surface area contributed by atoms with E-state index in [0.29, 0.717) is 17.5 Å². The van der Waals surface area contributed by atoms with Crippen LogP contribution in [0.4, 0.5) is 11.4 Å². The molecule has 2 amide bonds. The number of anilines is 1. The maximum atomic E-state index is 12.7. The number of amides is 2. The van der Waals surface area contributed by atoms with E-state index in [1.807, 2.05) is 49.4 Å². The van der Waals surface area contributed by atoms with Gasteiger partial charge in [0.05, 0.1) is 12.3 Å². The van der Waals surface area contributed by atoms with Crippen LogP contribution in [0.15, 0.2) is 59.6 Å². The van der Waals surface area contributed by atoms with Crippen LogP contribution in [0.1, 0.15) is 19.8 Å². The fourth-order valence-electron chi connectivity index (χ4n) is 2.59. The van der Waals surface area contributed by atoms with Crippen molar-refractivity contribution in [1.82, 2.24) is 4.90 Å². The van der Waals surface area contributed by atoms with Gasteiger partial charge < -0.3 is 10.1 Å². The quantitative estimate of drug-likeness (QED) is 0.798. The Labute approximate surface area is 169 Å². The average molecular weight is 398 g/mol. The zero-order chi connectivity index (χ0) is 19.9. The number of thioether (sulfide) groups is 1. The molecule has 1 atom stereocenters.